The minimum absolute atomic E-state index is 0.0512. The zero-order valence-corrected chi connectivity index (χ0v) is 14.7. The molecule has 25 heavy (non-hydrogen) atoms. The van der Waals surface area contributed by atoms with Gasteiger partial charge in [0.05, 0.1) is 25.6 Å². The van der Waals surface area contributed by atoms with E-state index in [1.54, 1.807) is 18.9 Å². The Bertz CT molecular complexity index is 733. The number of amides is 1. The molecule has 0 saturated carbocycles. The van der Waals surface area contributed by atoms with Crippen molar-refractivity contribution >= 4 is 5.91 Å². The van der Waals surface area contributed by atoms with Gasteiger partial charge in [0.1, 0.15) is 5.75 Å². The number of carbonyl (C=O) groups excluding carboxylic acids is 1. The second kappa shape index (κ2) is 7.62. The van der Waals surface area contributed by atoms with Crippen LogP contribution in [0.15, 0.2) is 28.8 Å². The predicted octanol–water partition coefficient (Wildman–Crippen LogP) is 1.20. The van der Waals surface area contributed by atoms with Crippen LogP contribution >= 0.6 is 0 Å². The van der Waals surface area contributed by atoms with Gasteiger partial charge in [-0.15, -0.1) is 0 Å². The average molecular weight is 345 g/mol. The molecule has 0 bridgehead atoms. The van der Waals surface area contributed by atoms with Gasteiger partial charge in [-0.1, -0.05) is 17.3 Å². The molecule has 3 rings (SSSR count). The molecule has 2 aromatic rings. The van der Waals surface area contributed by atoms with Crippen molar-refractivity contribution in [1.82, 2.24) is 25.9 Å². The molecule has 1 aromatic heterocycles. The van der Waals surface area contributed by atoms with Crippen LogP contribution in [0.4, 0.5) is 0 Å². The number of benzene rings is 1. The summed E-state index contributed by atoms with van der Waals surface area (Å²) in [5, 5.41) is 3.88. The van der Waals surface area contributed by atoms with Gasteiger partial charge in [0.15, 0.2) is 5.82 Å². The maximum Gasteiger partial charge on any atom is 0.229 e. The Hall–Kier alpha value is -2.45. The van der Waals surface area contributed by atoms with Gasteiger partial charge in [0.25, 0.3) is 0 Å². The average Bonchev–Trinajstić information content (AvgIpc) is 3.28. The number of rotatable bonds is 6. The Morgan fingerprint density at radius 2 is 2.32 bits per heavy atom. The molecule has 1 aromatic carbocycles. The van der Waals surface area contributed by atoms with Crippen LogP contribution in [-0.2, 0) is 11.3 Å². The van der Waals surface area contributed by atoms with Crippen molar-refractivity contribution in [3.63, 3.8) is 0 Å². The van der Waals surface area contributed by atoms with Crippen LogP contribution in [0.25, 0.3) is 0 Å². The fourth-order valence-corrected chi connectivity index (χ4v) is 3.03. The SMILES string of the molecule is CCN(Cc1noc(C)n1)C(=O)C1CNNC1c1cccc(OC)c1. The first kappa shape index (κ1) is 17.4. The maximum atomic E-state index is 13.1. The molecular formula is C17H23N5O3. The Kier molecular flexibility index (Phi) is 5.30. The van der Waals surface area contributed by atoms with Gasteiger partial charge in [-0.3, -0.25) is 10.2 Å². The highest BCUT2D eigenvalue weighted by atomic mass is 16.5. The lowest BCUT2D eigenvalue weighted by Crippen LogP contribution is -2.39. The molecule has 2 unspecified atom stereocenters. The third-order valence-electron chi connectivity index (χ3n) is 4.35. The molecule has 134 valence electrons. The van der Waals surface area contributed by atoms with Crippen LogP contribution in [0.5, 0.6) is 5.75 Å². The molecule has 1 fully saturated rings. The normalized spacial score (nSPS) is 19.8. The fourth-order valence-electron chi connectivity index (χ4n) is 3.03. The Morgan fingerprint density at radius 1 is 1.48 bits per heavy atom. The zero-order chi connectivity index (χ0) is 17.8. The van der Waals surface area contributed by atoms with E-state index in [0.29, 0.717) is 31.3 Å². The molecule has 1 aliphatic heterocycles. The van der Waals surface area contributed by atoms with Crippen molar-refractivity contribution in [3.8, 4) is 5.75 Å². The van der Waals surface area contributed by atoms with Crippen LogP contribution in [0, 0.1) is 12.8 Å². The molecule has 2 atom stereocenters. The minimum atomic E-state index is -0.222. The Morgan fingerprint density at radius 3 is 3.00 bits per heavy atom. The van der Waals surface area contributed by atoms with Crippen LogP contribution in [-0.4, -0.2) is 41.1 Å². The lowest BCUT2D eigenvalue weighted by atomic mass is 9.93. The number of methoxy groups -OCH3 is 1. The second-order valence-corrected chi connectivity index (χ2v) is 5.97. The highest BCUT2D eigenvalue weighted by Gasteiger charge is 2.36. The van der Waals surface area contributed by atoms with Crippen LogP contribution < -0.4 is 15.6 Å². The molecule has 1 saturated heterocycles. The zero-order valence-electron chi connectivity index (χ0n) is 14.7. The molecule has 0 aliphatic carbocycles. The maximum absolute atomic E-state index is 13.1. The molecular weight excluding hydrogens is 322 g/mol. The largest absolute Gasteiger partial charge is 0.497 e. The summed E-state index contributed by atoms with van der Waals surface area (Å²) in [4.78, 5) is 19.0. The van der Waals surface area contributed by atoms with Crippen molar-refractivity contribution in [2.75, 3.05) is 20.2 Å². The number of aromatic nitrogens is 2. The fraction of sp³-hybridized carbons (Fsp3) is 0.471. The number of hydrogen-bond acceptors (Lipinski definition) is 7. The highest BCUT2D eigenvalue weighted by molar-refractivity contribution is 5.80. The lowest BCUT2D eigenvalue weighted by molar-refractivity contribution is -0.136. The van der Waals surface area contributed by atoms with Gasteiger partial charge in [0.2, 0.25) is 11.8 Å². The molecule has 8 nitrogen and oxygen atoms in total. The van der Waals surface area contributed by atoms with Crippen LogP contribution in [0.2, 0.25) is 0 Å². The van der Waals surface area contributed by atoms with Gasteiger partial charge in [-0.2, -0.15) is 4.98 Å². The van der Waals surface area contributed by atoms with Gasteiger partial charge in [0, 0.05) is 20.0 Å². The molecule has 0 radical (unpaired) electrons. The summed E-state index contributed by atoms with van der Waals surface area (Å²) in [5.74, 6) is 1.61. The predicted molar refractivity (Wildman–Crippen MR) is 90.5 cm³/mol. The number of carbonyl (C=O) groups is 1. The van der Waals surface area contributed by atoms with E-state index in [1.807, 2.05) is 31.2 Å². The smallest absolute Gasteiger partial charge is 0.229 e. The quantitative estimate of drug-likeness (QED) is 0.812. The second-order valence-electron chi connectivity index (χ2n) is 5.97. The molecule has 2 heterocycles. The first-order valence-corrected chi connectivity index (χ1v) is 8.32. The monoisotopic (exact) mass is 345 g/mol. The standard InChI is InChI=1S/C17H23N5O3/c1-4-22(10-15-19-11(2)25-21-15)17(23)14-9-18-20-16(14)12-6-5-7-13(8-12)24-3/h5-8,14,16,18,20H,4,9-10H2,1-3H3. The number of hydrazine groups is 1. The summed E-state index contributed by atoms with van der Waals surface area (Å²) < 4.78 is 10.3. The summed E-state index contributed by atoms with van der Waals surface area (Å²) in [6, 6.07) is 7.63. The minimum Gasteiger partial charge on any atom is -0.497 e. The molecule has 0 spiro atoms. The van der Waals surface area contributed by atoms with Gasteiger partial charge in [-0.25, -0.2) is 5.43 Å². The molecule has 1 amide bonds. The number of ether oxygens (including phenoxy) is 1. The van der Waals surface area contributed by atoms with Crippen molar-refractivity contribution in [3.05, 3.63) is 41.5 Å². The number of nitrogens with one attached hydrogen (secondary N) is 2. The number of nitrogens with zero attached hydrogens (tertiary/aromatic N) is 3. The van der Waals surface area contributed by atoms with Crippen LogP contribution in [0.3, 0.4) is 0 Å². The number of aryl methyl sites for hydroxylation is 1. The summed E-state index contributed by atoms with van der Waals surface area (Å²) in [6.07, 6.45) is 0. The third-order valence-corrected chi connectivity index (χ3v) is 4.35. The molecule has 2 N–H and O–H groups in total. The first-order valence-electron chi connectivity index (χ1n) is 8.32. The molecule has 8 heteroatoms. The van der Waals surface area contributed by atoms with Crippen molar-refractivity contribution < 1.29 is 14.1 Å². The highest BCUT2D eigenvalue weighted by Crippen LogP contribution is 2.29. The van der Waals surface area contributed by atoms with Crippen molar-refractivity contribution in [2.24, 2.45) is 5.92 Å². The summed E-state index contributed by atoms with van der Waals surface area (Å²) in [7, 11) is 1.63. The van der Waals surface area contributed by atoms with Gasteiger partial charge < -0.3 is 14.2 Å². The summed E-state index contributed by atoms with van der Waals surface area (Å²) >= 11 is 0. The van der Waals surface area contributed by atoms with Gasteiger partial charge in [-0.05, 0) is 24.6 Å². The number of hydrogen-bond donors (Lipinski definition) is 2. The Balaban J connectivity index is 1.76. The first-order chi connectivity index (χ1) is 12.1. The van der Waals surface area contributed by atoms with E-state index in [1.165, 1.54) is 0 Å². The topological polar surface area (TPSA) is 92.5 Å². The van der Waals surface area contributed by atoms with E-state index in [4.69, 9.17) is 9.26 Å². The van der Waals surface area contributed by atoms with Crippen LogP contribution in [0.1, 0.15) is 30.2 Å². The van der Waals surface area contributed by atoms with E-state index in [2.05, 4.69) is 21.0 Å². The Labute approximate surface area is 146 Å². The van der Waals surface area contributed by atoms with E-state index >= 15 is 0 Å². The van der Waals surface area contributed by atoms with Crippen molar-refractivity contribution in [2.45, 2.75) is 26.4 Å². The van der Waals surface area contributed by atoms with E-state index in [9.17, 15) is 4.79 Å². The van der Waals surface area contributed by atoms with E-state index in [-0.39, 0.29) is 17.9 Å². The summed E-state index contributed by atoms with van der Waals surface area (Å²) in [5.41, 5.74) is 7.31. The molecule has 1 aliphatic rings. The summed E-state index contributed by atoms with van der Waals surface area (Å²) in [6.45, 7) is 5.16. The lowest BCUT2D eigenvalue weighted by Gasteiger charge is -2.26. The van der Waals surface area contributed by atoms with E-state index in [0.717, 1.165) is 11.3 Å². The van der Waals surface area contributed by atoms with Crippen molar-refractivity contribution in [1.29, 1.82) is 0 Å². The van der Waals surface area contributed by atoms with Gasteiger partial charge >= 0.3 is 0 Å². The van der Waals surface area contributed by atoms with E-state index < -0.39 is 0 Å². The third kappa shape index (κ3) is 3.80.